The third-order valence-corrected chi connectivity index (χ3v) is 4.93. The number of carbonyl (C=O) groups excluding carboxylic acids is 2. The van der Waals surface area contributed by atoms with E-state index >= 15 is 0 Å². The fraction of sp³-hybridized carbons (Fsp3) is 0.300. The predicted octanol–water partition coefficient (Wildman–Crippen LogP) is 3.96. The normalized spacial score (nSPS) is 10.5. The molecule has 0 spiro atoms. The molecule has 0 unspecified atom stereocenters. The molecule has 2 aromatic rings. The molecule has 0 aliphatic carbocycles. The van der Waals surface area contributed by atoms with Crippen molar-refractivity contribution in [1.29, 1.82) is 0 Å². The summed E-state index contributed by atoms with van der Waals surface area (Å²) in [5.74, 6) is 0.549. The van der Waals surface area contributed by atoms with Crippen LogP contribution in [0.3, 0.4) is 0 Å². The fourth-order valence-corrected chi connectivity index (χ4v) is 3.33. The van der Waals surface area contributed by atoms with Crippen LogP contribution < -0.4 is 5.32 Å². The molecule has 0 aliphatic heterocycles. The van der Waals surface area contributed by atoms with Crippen LogP contribution in [0.1, 0.15) is 34.0 Å². The van der Waals surface area contributed by atoms with Crippen LogP contribution in [-0.2, 0) is 11.2 Å². The molecule has 0 heterocycles. The summed E-state index contributed by atoms with van der Waals surface area (Å²) in [6, 6.07) is 13.9. The molecule has 126 valence electrons. The zero-order valence-corrected chi connectivity index (χ0v) is 15.2. The van der Waals surface area contributed by atoms with Crippen LogP contribution in [0.25, 0.3) is 0 Å². The van der Waals surface area contributed by atoms with Crippen molar-refractivity contribution in [2.75, 3.05) is 12.3 Å². The van der Waals surface area contributed by atoms with Gasteiger partial charge in [-0.05, 0) is 37.5 Å². The van der Waals surface area contributed by atoms with E-state index in [1.54, 1.807) is 11.8 Å². The Hall–Kier alpha value is -2.07. The van der Waals surface area contributed by atoms with Gasteiger partial charge in [0.05, 0.1) is 5.75 Å². The monoisotopic (exact) mass is 341 g/mol. The quantitative estimate of drug-likeness (QED) is 0.612. The molecule has 4 heteroatoms. The lowest BCUT2D eigenvalue weighted by Crippen LogP contribution is -2.22. The van der Waals surface area contributed by atoms with Gasteiger partial charge >= 0.3 is 0 Å². The molecule has 0 radical (unpaired) electrons. The molecule has 0 atom stereocenters. The Bertz CT molecular complexity index is 723. The SMILES string of the molecule is CC(=O)NCCc1ccc(C(=O)CSc2ccc(C)cc2C)cc1. The zero-order valence-electron chi connectivity index (χ0n) is 14.4. The van der Waals surface area contributed by atoms with Gasteiger partial charge in [0, 0.05) is 23.9 Å². The Morgan fingerprint density at radius 1 is 1.04 bits per heavy atom. The third-order valence-electron chi connectivity index (χ3n) is 3.75. The molecule has 2 rings (SSSR count). The van der Waals surface area contributed by atoms with E-state index in [4.69, 9.17) is 0 Å². The second kappa shape index (κ2) is 8.69. The number of ketones is 1. The average Bonchev–Trinajstić information content (AvgIpc) is 2.54. The average molecular weight is 341 g/mol. The van der Waals surface area contributed by atoms with Crippen molar-refractivity contribution in [3.05, 3.63) is 64.7 Å². The van der Waals surface area contributed by atoms with Crippen LogP contribution >= 0.6 is 11.8 Å². The van der Waals surface area contributed by atoms with Crippen LogP contribution in [0.5, 0.6) is 0 Å². The smallest absolute Gasteiger partial charge is 0.216 e. The second-order valence-electron chi connectivity index (χ2n) is 5.91. The summed E-state index contributed by atoms with van der Waals surface area (Å²) >= 11 is 1.58. The highest BCUT2D eigenvalue weighted by molar-refractivity contribution is 8.00. The summed E-state index contributed by atoms with van der Waals surface area (Å²) in [5, 5.41) is 2.77. The van der Waals surface area contributed by atoms with Crippen LogP contribution in [0.2, 0.25) is 0 Å². The van der Waals surface area contributed by atoms with E-state index in [0.717, 1.165) is 22.4 Å². The molecule has 2 aromatic carbocycles. The van der Waals surface area contributed by atoms with E-state index in [0.29, 0.717) is 12.3 Å². The van der Waals surface area contributed by atoms with Gasteiger partial charge in [0.15, 0.2) is 5.78 Å². The Labute approximate surface area is 147 Å². The first-order chi connectivity index (χ1) is 11.5. The molecular weight excluding hydrogens is 318 g/mol. The van der Waals surface area contributed by atoms with Gasteiger partial charge in [-0.1, -0.05) is 42.0 Å². The molecule has 1 N–H and O–H groups in total. The molecule has 0 bridgehead atoms. The van der Waals surface area contributed by atoms with E-state index in [9.17, 15) is 9.59 Å². The van der Waals surface area contributed by atoms with Gasteiger partial charge in [-0.15, -0.1) is 11.8 Å². The topological polar surface area (TPSA) is 46.2 Å². The van der Waals surface area contributed by atoms with Crippen LogP contribution in [0.4, 0.5) is 0 Å². The molecule has 3 nitrogen and oxygen atoms in total. The van der Waals surface area contributed by atoms with Gasteiger partial charge in [-0.3, -0.25) is 9.59 Å². The highest BCUT2D eigenvalue weighted by Crippen LogP contribution is 2.24. The molecular formula is C20H23NO2S. The number of rotatable bonds is 7. The lowest BCUT2D eigenvalue weighted by atomic mass is 10.1. The maximum Gasteiger partial charge on any atom is 0.216 e. The van der Waals surface area contributed by atoms with Crippen LogP contribution in [-0.4, -0.2) is 24.0 Å². The summed E-state index contributed by atoms with van der Waals surface area (Å²) < 4.78 is 0. The number of aryl methyl sites for hydroxylation is 2. The number of amides is 1. The number of hydrogen-bond acceptors (Lipinski definition) is 3. The largest absolute Gasteiger partial charge is 0.356 e. The Balaban J connectivity index is 1.89. The number of carbonyl (C=O) groups is 2. The van der Waals surface area contributed by atoms with Gasteiger partial charge in [-0.25, -0.2) is 0 Å². The van der Waals surface area contributed by atoms with Crippen LogP contribution in [0, 0.1) is 13.8 Å². The van der Waals surface area contributed by atoms with Crippen molar-refractivity contribution < 1.29 is 9.59 Å². The maximum absolute atomic E-state index is 12.3. The summed E-state index contributed by atoms with van der Waals surface area (Å²) in [7, 11) is 0. The molecule has 24 heavy (non-hydrogen) atoms. The third kappa shape index (κ3) is 5.53. The minimum Gasteiger partial charge on any atom is -0.356 e. The van der Waals surface area contributed by atoms with Crippen molar-refractivity contribution >= 4 is 23.5 Å². The molecule has 0 saturated carbocycles. The van der Waals surface area contributed by atoms with Crippen LogP contribution in [0.15, 0.2) is 47.4 Å². The van der Waals surface area contributed by atoms with Crippen molar-refractivity contribution in [3.63, 3.8) is 0 Å². The van der Waals surface area contributed by atoms with E-state index in [1.165, 1.54) is 18.1 Å². The lowest BCUT2D eigenvalue weighted by molar-refractivity contribution is -0.118. The van der Waals surface area contributed by atoms with Gasteiger partial charge in [0.1, 0.15) is 0 Å². The minimum atomic E-state index is -0.0229. The maximum atomic E-state index is 12.3. The molecule has 0 aliphatic rings. The van der Waals surface area contributed by atoms with E-state index in [-0.39, 0.29) is 11.7 Å². The van der Waals surface area contributed by atoms with Crippen molar-refractivity contribution in [3.8, 4) is 0 Å². The Morgan fingerprint density at radius 2 is 1.75 bits per heavy atom. The molecule has 0 aromatic heterocycles. The summed E-state index contributed by atoms with van der Waals surface area (Å²) in [6.07, 6.45) is 0.769. The number of nitrogens with one attached hydrogen (secondary N) is 1. The summed E-state index contributed by atoms with van der Waals surface area (Å²) in [5.41, 5.74) is 4.29. The molecule has 1 amide bonds. The second-order valence-corrected chi connectivity index (χ2v) is 6.93. The standard InChI is InChI=1S/C20H23NO2S/c1-14-4-9-20(15(2)12-14)24-13-19(23)18-7-5-17(6-8-18)10-11-21-16(3)22/h4-9,12H,10-11,13H2,1-3H3,(H,21,22). The lowest BCUT2D eigenvalue weighted by Gasteiger charge is -2.07. The summed E-state index contributed by atoms with van der Waals surface area (Å²) in [4.78, 5) is 24.3. The first-order valence-corrected chi connectivity index (χ1v) is 9.01. The molecule has 0 fully saturated rings. The number of thioether (sulfide) groups is 1. The summed E-state index contributed by atoms with van der Waals surface area (Å²) in [6.45, 7) is 6.27. The number of benzene rings is 2. The van der Waals surface area contributed by atoms with E-state index in [2.05, 4.69) is 37.4 Å². The fourth-order valence-electron chi connectivity index (χ4n) is 2.43. The first kappa shape index (κ1) is 18.3. The minimum absolute atomic E-state index is 0.0229. The van der Waals surface area contributed by atoms with Crippen molar-refractivity contribution in [2.24, 2.45) is 0 Å². The van der Waals surface area contributed by atoms with Crippen molar-refractivity contribution in [1.82, 2.24) is 5.32 Å². The Morgan fingerprint density at radius 3 is 2.38 bits per heavy atom. The van der Waals surface area contributed by atoms with Gasteiger partial charge in [0.25, 0.3) is 0 Å². The van der Waals surface area contributed by atoms with Gasteiger partial charge in [-0.2, -0.15) is 0 Å². The number of hydrogen-bond donors (Lipinski definition) is 1. The predicted molar refractivity (Wildman–Crippen MR) is 99.8 cm³/mol. The highest BCUT2D eigenvalue weighted by Gasteiger charge is 2.08. The highest BCUT2D eigenvalue weighted by atomic mass is 32.2. The van der Waals surface area contributed by atoms with Gasteiger partial charge < -0.3 is 5.32 Å². The molecule has 0 saturated heterocycles. The number of Topliss-reactive ketones (excluding diaryl/α,β-unsaturated/α-hetero) is 1. The van der Waals surface area contributed by atoms with E-state index in [1.807, 2.05) is 24.3 Å². The zero-order chi connectivity index (χ0) is 17.5. The Kier molecular flexibility index (Phi) is 6.62. The van der Waals surface area contributed by atoms with E-state index < -0.39 is 0 Å². The van der Waals surface area contributed by atoms with Gasteiger partial charge in [0.2, 0.25) is 5.91 Å². The first-order valence-electron chi connectivity index (χ1n) is 8.02. The van der Waals surface area contributed by atoms with Crippen molar-refractivity contribution in [2.45, 2.75) is 32.1 Å².